The highest BCUT2D eigenvalue weighted by Crippen LogP contribution is 2.30. The van der Waals surface area contributed by atoms with Crippen molar-refractivity contribution in [3.05, 3.63) is 0 Å². The summed E-state index contributed by atoms with van der Waals surface area (Å²) in [5, 5.41) is 3.46. The summed E-state index contributed by atoms with van der Waals surface area (Å²) in [4.78, 5) is 2.70. The topological polar surface area (TPSA) is 24.5 Å². The predicted octanol–water partition coefficient (Wildman–Crippen LogP) is 1.63. The second-order valence-corrected chi connectivity index (χ2v) is 6.02. The van der Waals surface area contributed by atoms with Gasteiger partial charge in [-0.3, -0.25) is 4.90 Å². The third kappa shape index (κ3) is 3.43. The van der Waals surface area contributed by atoms with Crippen molar-refractivity contribution in [2.24, 2.45) is 5.92 Å². The van der Waals surface area contributed by atoms with Crippen molar-refractivity contribution in [2.75, 3.05) is 32.8 Å². The molecule has 2 aliphatic heterocycles. The normalized spacial score (nSPS) is 32.8. The first-order valence-corrected chi connectivity index (χ1v) is 7.48. The van der Waals surface area contributed by atoms with E-state index in [1.54, 1.807) is 0 Å². The maximum atomic E-state index is 6.07. The van der Waals surface area contributed by atoms with Crippen LogP contribution in [0.4, 0.5) is 0 Å². The fourth-order valence-corrected chi connectivity index (χ4v) is 3.16. The molecule has 1 N–H and O–H groups in total. The number of hydrogen-bond donors (Lipinski definition) is 1. The minimum absolute atomic E-state index is 0.527. The molecule has 17 heavy (non-hydrogen) atoms. The largest absolute Gasteiger partial charge is 0.377 e. The van der Waals surface area contributed by atoms with E-state index in [2.05, 4.69) is 10.2 Å². The summed E-state index contributed by atoms with van der Waals surface area (Å²) in [5.41, 5.74) is 0. The molecule has 2 heterocycles. The van der Waals surface area contributed by atoms with Crippen LogP contribution >= 0.6 is 0 Å². The van der Waals surface area contributed by atoms with Crippen LogP contribution in [0.25, 0.3) is 0 Å². The second kappa shape index (κ2) is 5.68. The monoisotopic (exact) mass is 238 g/mol. The summed E-state index contributed by atoms with van der Waals surface area (Å²) in [6, 6.07) is 0.823. The van der Waals surface area contributed by atoms with Crippen LogP contribution in [0.15, 0.2) is 0 Å². The number of nitrogens with one attached hydrogen (secondary N) is 1. The molecule has 0 amide bonds. The Morgan fingerprint density at radius 3 is 2.65 bits per heavy atom. The maximum absolute atomic E-state index is 6.07. The fraction of sp³-hybridized carbons (Fsp3) is 1.00. The first kappa shape index (κ1) is 11.9. The van der Waals surface area contributed by atoms with E-state index in [1.807, 2.05) is 0 Å². The van der Waals surface area contributed by atoms with Gasteiger partial charge < -0.3 is 10.1 Å². The summed E-state index contributed by atoms with van der Waals surface area (Å²) < 4.78 is 6.07. The van der Waals surface area contributed by atoms with Gasteiger partial charge in [0.2, 0.25) is 0 Å². The summed E-state index contributed by atoms with van der Waals surface area (Å²) in [6.07, 6.45) is 8.62. The SMILES string of the molecule is C1CC(OCC2CC2)CN(C2CCNCC2)C1. The Balaban J connectivity index is 1.44. The van der Waals surface area contributed by atoms with Crippen molar-refractivity contribution >= 4 is 0 Å². The molecule has 0 bridgehead atoms. The number of nitrogens with zero attached hydrogens (tertiary/aromatic N) is 1. The van der Waals surface area contributed by atoms with Crippen LogP contribution in [0.3, 0.4) is 0 Å². The van der Waals surface area contributed by atoms with Crippen molar-refractivity contribution in [3.8, 4) is 0 Å². The van der Waals surface area contributed by atoms with Crippen LogP contribution in [-0.2, 0) is 4.74 Å². The standard InChI is InChI=1S/C14H26N2O/c1-2-14(17-11-12-3-4-12)10-16(9-1)13-5-7-15-8-6-13/h12-15H,1-11H2. The Hall–Kier alpha value is -0.120. The van der Waals surface area contributed by atoms with Crippen LogP contribution in [0, 0.1) is 5.92 Å². The number of ether oxygens (including phenoxy) is 1. The van der Waals surface area contributed by atoms with Crippen molar-refractivity contribution in [3.63, 3.8) is 0 Å². The van der Waals surface area contributed by atoms with E-state index in [1.165, 1.54) is 64.7 Å². The molecule has 0 radical (unpaired) electrons. The molecular formula is C14H26N2O. The average Bonchev–Trinajstić information content (AvgIpc) is 3.22. The minimum atomic E-state index is 0.527. The van der Waals surface area contributed by atoms with Gasteiger partial charge in [-0.2, -0.15) is 0 Å². The smallest absolute Gasteiger partial charge is 0.0702 e. The van der Waals surface area contributed by atoms with E-state index in [0.29, 0.717) is 6.10 Å². The summed E-state index contributed by atoms with van der Waals surface area (Å²) >= 11 is 0. The molecule has 98 valence electrons. The number of likely N-dealkylation sites (tertiary alicyclic amines) is 1. The Labute approximate surface area is 105 Å². The number of rotatable bonds is 4. The van der Waals surface area contributed by atoms with E-state index in [0.717, 1.165) is 18.6 Å². The quantitative estimate of drug-likeness (QED) is 0.805. The lowest BCUT2D eigenvalue weighted by molar-refractivity contribution is -0.0204. The molecule has 1 aliphatic carbocycles. The lowest BCUT2D eigenvalue weighted by atomic mass is 10.00. The molecule has 3 nitrogen and oxygen atoms in total. The predicted molar refractivity (Wildman–Crippen MR) is 69.2 cm³/mol. The van der Waals surface area contributed by atoms with E-state index < -0.39 is 0 Å². The highest BCUT2D eigenvalue weighted by Gasteiger charge is 2.29. The fourth-order valence-electron chi connectivity index (χ4n) is 3.16. The van der Waals surface area contributed by atoms with Crippen LogP contribution in [0.1, 0.15) is 38.5 Å². The highest BCUT2D eigenvalue weighted by molar-refractivity contribution is 4.83. The molecule has 3 heteroatoms. The average molecular weight is 238 g/mol. The summed E-state index contributed by atoms with van der Waals surface area (Å²) in [7, 11) is 0. The Kier molecular flexibility index (Phi) is 3.99. The number of piperidine rings is 2. The molecule has 1 atom stereocenters. The van der Waals surface area contributed by atoms with Crippen LogP contribution in [0.2, 0.25) is 0 Å². The van der Waals surface area contributed by atoms with Gasteiger partial charge >= 0.3 is 0 Å². The first-order chi connectivity index (χ1) is 8.42. The zero-order chi connectivity index (χ0) is 11.5. The first-order valence-electron chi connectivity index (χ1n) is 7.48. The lowest BCUT2D eigenvalue weighted by Gasteiger charge is -2.40. The minimum Gasteiger partial charge on any atom is -0.377 e. The van der Waals surface area contributed by atoms with Crippen LogP contribution < -0.4 is 5.32 Å². The van der Waals surface area contributed by atoms with E-state index in [4.69, 9.17) is 4.74 Å². The van der Waals surface area contributed by atoms with Crippen molar-refractivity contribution in [2.45, 2.75) is 50.7 Å². The molecule has 3 fully saturated rings. The summed E-state index contributed by atoms with van der Waals surface area (Å²) in [5.74, 6) is 0.907. The van der Waals surface area contributed by atoms with Gasteiger partial charge in [0.1, 0.15) is 0 Å². The van der Waals surface area contributed by atoms with Crippen molar-refractivity contribution < 1.29 is 4.74 Å². The summed E-state index contributed by atoms with van der Waals surface area (Å²) in [6.45, 7) is 5.93. The second-order valence-electron chi connectivity index (χ2n) is 6.02. The van der Waals surface area contributed by atoms with Gasteiger partial charge in [-0.15, -0.1) is 0 Å². The molecule has 3 aliphatic rings. The van der Waals surface area contributed by atoms with Crippen molar-refractivity contribution in [1.29, 1.82) is 0 Å². The molecule has 3 rings (SSSR count). The lowest BCUT2D eigenvalue weighted by Crippen LogP contribution is -2.49. The molecule has 0 aromatic rings. The van der Waals surface area contributed by atoms with Gasteiger partial charge in [0, 0.05) is 19.2 Å². The van der Waals surface area contributed by atoms with E-state index in [-0.39, 0.29) is 0 Å². The maximum Gasteiger partial charge on any atom is 0.0702 e. The van der Waals surface area contributed by atoms with E-state index in [9.17, 15) is 0 Å². The third-order valence-electron chi connectivity index (χ3n) is 4.50. The van der Waals surface area contributed by atoms with Crippen LogP contribution in [0.5, 0.6) is 0 Å². The van der Waals surface area contributed by atoms with Gasteiger partial charge in [0.05, 0.1) is 6.10 Å². The van der Waals surface area contributed by atoms with E-state index >= 15 is 0 Å². The van der Waals surface area contributed by atoms with Gasteiger partial charge in [-0.05, 0) is 64.1 Å². The Morgan fingerprint density at radius 1 is 1.06 bits per heavy atom. The highest BCUT2D eigenvalue weighted by atomic mass is 16.5. The Morgan fingerprint density at radius 2 is 1.88 bits per heavy atom. The molecule has 0 aromatic carbocycles. The molecular weight excluding hydrogens is 212 g/mol. The van der Waals surface area contributed by atoms with Gasteiger partial charge in [0.25, 0.3) is 0 Å². The number of hydrogen-bond acceptors (Lipinski definition) is 3. The third-order valence-corrected chi connectivity index (χ3v) is 4.50. The Bertz CT molecular complexity index is 236. The molecule has 1 saturated carbocycles. The van der Waals surface area contributed by atoms with Gasteiger partial charge in [-0.25, -0.2) is 0 Å². The molecule has 0 aromatic heterocycles. The zero-order valence-corrected chi connectivity index (χ0v) is 10.9. The molecule has 1 unspecified atom stereocenters. The molecule has 0 spiro atoms. The van der Waals surface area contributed by atoms with Crippen molar-refractivity contribution in [1.82, 2.24) is 10.2 Å². The van der Waals surface area contributed by atoms with Gasteiger partial charge in [0.15, 0.2) is 0 Å². The molecule has 2 saturated heterocycles. The van der Waals surface area contributed by atoms with Crippen LogP contribution in [-0.4, -0.2) is 49.8 Å². The zero-order valence-electron chi connectivity index (χ0n) is 10.9. The van der Waals surface area contributed by atoms with Gasteiger partial charge in [-0.1, -0.05) is 0 Å².